The second kappa shape index (κ2) is 11.3. The maximum absolute atomic E-state index is 11.7. The molecule has 0 bridgehead atoms. The van der Waals surface area contributed by atoms with E-state index in [4.69, 9.17) is 49.0 Å². The second-order valence-electron chi connectivity index (χ2n) is 6.81. The molecule has 34 heavy (non-hydrogen) atoms. The van der Waals surface area contributed by atoms with Crippen LogP contribution in [0.3, 0.4) is 0 Å². The Morgan fingerprint density at radius 2 is 1.71 bits per heavy atom. The van der Waals surface area contributed by atoms with Crippen molar-refractivity contribution in [3.63, 3.8) is 0 Å². The minimum absolute atomic E-state index is 0.237. The predicted octanol–water partition coefficient (Wildman–Crippen LogP) is 6.46. The smallest absolute Gasteiger partial charge is 0.247 e. The Bertz CT molecular complexity index is 1180. The van der Waals surface area contributed by atoms with E-state index in [1.54, 1.807) is 31.2 Å². The lowest BCUT2D eigenvalue weighted by Gasteiger charge is -2.20. The van der Waals surface area contributed by atoms with Gasteiger partial charge in [0.25, 0.3) is 0 Å². The summed E-state index contributed by atoms with van der Waals surface area (Å²) in [4.78, 5) is 20.2. The first-order valence-corrected chi connectivity index (χ1v) is 11.0. The summed E-state index contributed by atoms with van der Waals surface area (Å²) in [7, 11) is 2.99. The second-order valence-corrected chi connectivity index (χ2v) is 7.97. The topological polar surface area (TPSA) is 94.6 Å². The maximum Gasteiger partial charge on any atom is 0.247 e. The number of aromatic nitrogens is 2. The van der Waals surface area contributed by atoms with E-state index < -0.39 is 6.10 Å². The van der Waals surface area contributed by atoms with E-state index in [1.165, 1.54) is 26.6 Å². The largest absolute Gasteiger partial charge is 0.495 e. The standard InChI is InChI=1S/C23H21Cl3N4O4/c1-5-18(31)29-15-8-6-7-14(24)22(15)30-23-27-10-13(11-28-23)34-12(2)19-20(25)16(32-3)9-17(33-4)21(19)26/h5-12H,1H2,2-4H3,(H,29,31)(H,27,28,30). The number of nitrogens with one attached hydrogen (secondary N) is 2. The van der Waals surface area contributed by atoms with Crippen molar-refractivity contribution in [2.75, 3.05) is 24.9 Å². The maximum atomic E-state index is 11.7. The molecule has 0 aliphatic heterocycles. The number of carbonyl (C=O) groups excluding carboxylic acids is 1. The van der Waals surface area contributed by atoms with E-state index in [-0.39, 0.29) is 11.9 Å². The van der Waals surface area contributed by atoms with Gasteiger partial charge in [0.15, 0.2) is 5.75 Å². The summed E-state index contributed by atoms with van der Waals surface area (Å²) in [5.41, 5.74) is 1.38. The third kappa shape index (κ3) is 5.64. The molecule has 2 aromatic carbocycles. The normalized spacial score (nSPS) is 11.4. The van der Waals surface area contributed by atoms with E-state index in [1.807, 2.05) is 0 Å². The number of anilines is 3. The first kappa shape index (κ1) is 25.4. The van der Waals surface area contributed by atoms with Crippen LogP contribution in [-0.4, -0.2) is 30.1 Å². The fraction of sp³-hybridized carbons (Fsp3) is 0.174. The molecule has 0 fully saturated rings. The van der Waals surface area contributed by atoms with Crippen LogP contribution in [0.2, 0.25) is 15.1 Å². The van der Waals surface area contributed by atoms with Gasteiger partial charge in [0.1, 0.15) is 17.6 Å². The molecule has 1 amide bonds. The molecule has 2 N–H and O–H groups in total. The molecule has 11 heteroatoms. The molecule has 8 nitrogen and oxygen atoms in total. The minimum Gasteiger partial charge on any atom is -0.495 e. The van der Waals surface area contributed by atoms with E-state index in [9.17, 15) is 4.79 Å². The number of para-hydroxylation sites is 1. The van der Waals surface area contributed by atoms with Crippen molar-refractivity contribution in [3.8, 4) is 17.2 Å². The molecule has 178 valence electrons. The molecule has 1 unspecified atom stereocenters. The zero-order chi connectivity index (χ0) is 24.8. The average Bonchev–Trinajstić information content (AvgIpc) is 2.82. The van der Waals surface area contributed by atoms with Crippen LogP contribution < -0.4 is 24.8 Å². The molecular formula is C23H21Cl3N4O4. The summed E-state index contributed by atoms with van der Waals surface area (Å²) in [5, 5.41) is 6.67. The van der Waals surface area contributed by atoms with E-state index in [0.29, 0.717) is 49.3 Å². The highest BCUT2D eigenvalue weighted by Crippen LogP contribution is 2.44. The molecule has 1 aromatic heterocycles. The Kier molecular flexibility index (Phi) is 8.44. The fourth-order valence-corrected chi connectivity index (χ4v) is 4.05. The molecule has 0 saturated carbocycles. The summed E-state index contributed by atoms with van der Waals surface area (Å²) < 4.78 is 16.6. The van der Waals surface area contributed by atoms with Gasteiger partial charge in [-0.3, -0.25) is 4.79 Å². The van der Waals surface area contributed by atoms with Gasteiger partial charge in [-0.25, -0.2) is 9.97 Å². The van der Waals surface area contributed by atoms with Gasteiger partial charge in [-0.1, -0.05) is 47.4 Å². The molecule has 0 saturated heterocycles. The molecule has 0 aliphatic carbocycles. The zero-order valence-corrected chi connectivity index (χ0v) is 20.8. The number of carbonyl (C=O) groups is 1. The lowest BCUT2D eigenvalue weighted by Crippen LogP contribution is -2.10. The SMILES string of the molecule is C=CC(=O)Nc1cccc(Cl)c1Nc1ncc(OC(C)c2c(Cl)c(OC)cc(OC)c2Cl)cn1. The Morgan fingerprint density at radius 1 is 1.09 bits per heavy atom. The van der Waals surface area contributed by atoms with Gasteiger partial charge in [0.05, 0.1) is 53.1 Å². The van der Waals surface area contributed by atoms with Gasteiger partial charge in [-0.15, -0.1) is 0 Å². The van der Waals surface area contributed by atoms with Crippen molar-refractivity contribution in [2.45, 2.75) is 13.0 Å². The molecule has 0 radical (unpaired) electrons. The predicted molar refractivity (Wildman–Crippen MR) is 134 cm³/mol. The molecule has 1 heterocycles. The Balaban J connectivity index is 1.81. The molecule has 0 spiro atoms. The fourth-order valence-electron chi connectivity index (χ4n) is 3.02. The number of hydrogen-bond donors (Lipinski definition) is 2. The summed E-state index contributed by atoms with van der Waals surface area (Å²) in [6.07, 6.45) is 3.54. The Hall–Kier alpha value is -3.20. The van der Waals surface area contributed by atoms with Gasteiger partial charge in [0, 0.05) is 11.6 Å². The Labute approximate surface area is 211 Å². The van der Waals surface area contributed by atoms with Crippen LogP contribution in [0, 0.1) is 0 Å². The van der Waals surface area contributed by atoms with Crippen molar-refractivity contribution in [3.05, 3.63) is 69.9 Å². The summed E-state index contributed by atoms with van der Waals surface area (Å²) in [6.45, 7) is 5.22. The number of methoxy groups -OCH3 is 2. The highest BCUT2D eigenvalue weighted by Gasteiger charge is 2.23. The van der Waals surface area contributed by atoms with Gasteiger partial charge < -0.3 is 24.8 Å². The lowest BCUT2D eigenvalue weighted by molar-refractivity contribution is -0.111. The van der Waals surface area contributed by atoms with Crippen LogP contribution in [-0.2, 0) is 4.79 Å². The minimum atomic E-state index is -0.573. The number of halogens is 3. The van der Waals surface area contributed by atoms with Gasteiger partial charge in [0.2, 0.25) is 11.9 Å². The van der Waals surface area contributed by atoms with Crippen molar-refractivity contribution >= 4 is 58.0 Å². The van der Waals surface area contributed by atoms with Gasteiger partial charge in [-0.05, 0) is 25.1 Å². The van der Waals surface area contributed by atoms with Crippen LogP contribution >= 0.6 is 34.8 Å². The summed E-state index contributed by atoms with van der Waals surface area (Å²) in [6, 6.07) is 6.66. The first-order chi connectivity index (χ1) is 16.3. The number of rotatable bonds is 9. The molecule has 0 aliphatic rings. The van der Waals surface area contributed by atoms with Crippen molar-refractivity contribution in [2.24, 2.45) is 0 Å². The van der Waals surface area contributed by atoms with E-state index >= 15 is 0 Å². The highest BCUT2D eigenvalue weighted by atomic mass is 35.5. The van der Waals surface area contributed by atoms with Crippen molar-refractivity contribution in [1.29, 1.82) is 0 Å². The van der Waals surface area contributed by atoms with Crippen molar-refractivity contribution < 1.29 is 19.0 Å². The number of hydrogen-bond acceptors (Lipinski definition) is 7. The van der Waals surface area contributed by atoms with Crippen LogP contribution in [0.15, 0.2) is 49.3 Å². The molecular weight excluding hydrogens is 503 g/mol. The molecule has 1 atom stereocenters. The quantitative estimate of drug-likeness (QED) is 0.311. The first-order valence-electron chi connectivity index (χ1n) is 9.86. The monoisotopic (exact) mass is 522 g/mol. The van der Waals surface area contributed by atoms with Crippen LogP contribution in [0.5, 0.6) is 17.2 Å². The number of amides is 1. The van der Waals surface area contributed by atoms with Gasteiger partial charge in [-0.2, -0.15) is 0 Å². The average molecular weight is 524 g/mol. The number of benzene rings is 2. The van der Waals surface area contributed by atoms with E-state index in [2.05, 4.69) is 27.2 Å². The van der Waals surface area contributed by atoms with E-state index in [0.717, 1.165) is 6.08 Å². The lowest BCUT2D eigenvalue weighted by atomic mass is 10.1. The van der Waals surface area contributed by atoms with Crippen LogP contribution in [0.1, 0.15) is 18.6 Å². The third-order valence-electron chi connectivity index (χ3n) is 4.65. The van der Waals surface area contributed by atoms with Crippen molar-refractivity contribution in [1.82, 2.24) is 9.97 Å². The zero-order valence-electron chi connectivity index (χ0n) is 18.5. The highest BCUT2D eigenvalue weighted by molar-refractivity contribution is 6.38. The van der Waals surface area contributed by atoms with Gasteiger partial charge >= 0.3 is 0 Å². The van der Waals surface area contributed by atoms with Crippen LogP contribution in [0.4, 0.5) is 17.3 Å². The van der Waals surface area contributed by atoms with Crippen LogP contribution in [0.25, 0.3) is 0 Å². The summed E-state index contributed by atoms with van der Waals surface area (Å²) >= 11 is 19.2. The summed E-state index contributed by atoms with van der Waals surface area (Å²) in [5.74, 6) is 1.04. The third-order valence-corrected chi connectivity index (χ3v) is 5.74. The number of ether oxygens (including phenoxy) is 3. The Morgan fingerprint density at radius 3 is 2.26 bits per heavy atom. The molecule has 3 aromatic rings. The molecule has 3 rings (SSSR count). The number of nitrogens with zero attached hydrogens (tertiary/aromatic N) is 2.